The molecule has 0 aromatic heterocycles. The molecule has 18 heavy (non-hydrogen) atoms. The molecule has 100 valence electrons. The van der Waals surface area contributed by atoms with Crippen molar-refractivity contribution in [1.29, 1.82) is 0 Å². The van der Waals surface area contributed by atoms with Crippen LogP contribution in [-0.4, -0.2) is 37.4 Å². The lowest BCUT2D eigenvalue weighted by Crippen LogP contribution is -2.13. The Morgan fingerprint density at radius 1 is 0.833 bits per heavy atom. The van der Waals surface area contributed by atoms with E-state index in [-0.39, 0.29) is 22.6 Å². The molecular weight excluding hydrogens is 284 g/mol. The first-order chi connectivity index (χ1) is 7.98. The zero-order chi connectivity index (χ0) is 14.1. The van der Waals surface area contributed by atoms with Crippen LogP contribution in [0.1, 0.15) is 13.8 Å². The van der Waals surface area contributed by atoms with E-state index in [4.69, 9.17) is 0 Å². The lowest BCUT2D eigenvalue weighted by molar-refractivity contribution is 0.462. The second-order valence-corrected chi connectivity index (χ2v) is 5.54. The molecule has 0 saturated heterocycles. The van der Waals surface area contributed by atoms with Crippen molar-refractivity contribution in [2.75, 3.05) is 0 Å². The molecule has 0 unspecified atom stereocenters. The highest BCUT2D eigenvalue weighted by atomic mass is 32.2. The summed E-state index contributed by atoms with van der Waals surface area (Å²) in [6.07, 6.45) is 2.32. The summed E-state index contributed by atoms with van der Waals surface area (Å²) >= 11 is 0. The van der Waals surface area contributed by atoms with Crippen LogP contribution in [0.5, 0.6) is 0 Å². The predicted octanol–water partition coefficient (Wildman–Crippen LogP) is -0.305. The van der Waals surface area contributed by atoms with E-state index >= 15 is 0 Å². The van der Waals surface area contributed by atoms with Gasteiger partial charge in [-0.05, 0) is 37.1 Å². The first-order valence-electron chi connectivity index (χ1n) is 4.47. The summed E-state index contributed by atoms with van der Waals surface area (Å²) in [5.41, 5.74) is 0.180. The van der Waals surface area contributed by atoms with Crippen LogP contribution >= 0.6 is 0 Å². The molecule has 1 aliphatic carbocycles. The normalized spacial score (nSPS) is 22.0. The Kier molecular flexibility index (Phi) is 3.86. The van der Waals surface area contributed by atoms with E-state index in [1.807, 2.05) is 0 Å². The molecule has 8 nitrogen and oxygen atoms in total. The Morgan fingerprint density at radius 3 is 1.33 bits per heavy atom. The Balaban J connectivity index is 3.33. The number of hydrogen-bond donors (Lipinski definition) is 0. The Hall–Kier alpha value is -1.36. The zero-order valence-corrected chi connectivity index (χ0v) is 10.9. The van der Waals surface area contributed by atoms with Gasteiger partial charge in [0.05, 0.1) is 11.4 Å². The van der Waals surface area contributed by atoms with Gasteiger partial charge in [0.2, 0.25) is 20.6 Å². The zero-order valence-electron chi connectivity index (χ0n) is 9.32. The van der Waals surface area contributed by atoms with Gasteiger partial charge in [0.25, 0.3) is 0 Å². The first-order valence-corrected chi connectivity index (χ1v) is 7.20. The Labute approximate surface area is 104 Å². The largest absolute Gasteiger partial charge is 0.730 e. The molecule has 0 amide bonds. The molecule has 10 heteroatoms. The van der Waals surface area contributed by atoms with Gasteiger partial charge >= 0.3 is 0 Å². The van der Waals surface area contributed by atoms with Crippen molar-refractivity contribution in [3.63, 3.8) is 0 Å². The van der Waals surface area contributed by atoms with Crippen LogP contribution in [0.3, 0.4) is 0 Å². The van der Waals surface area contributed by atoms with Gasteiger partial charge in [-0.15, -0.1) is 0 Å². The molecular formula is C8H8N2O6S2-2. The van der Waals surface area contributed by atoms with Crippen LogP contribution in [-0.2, 0) is 20.6 Å². The van der Waals surface area contributed by atoms with Crippen LogP contribution in [0.15, 0.2) is 32.1 Å². The second kappa shape index (κ2) is 4.72. The monoisotopic (exact) mass is 292 g/mol. The van der Waals surface area contributed by atoms with E-state index in [1.165, 1.54) is 13.8 Å². The smallest absolute Gasteiger partial charge is 0.203 e. The summed E-state index contributed by atoms with van der Waals surface area (Å²) in [5.74, 6) is 0. The highest BCUT2D eigenvalue weighted by Gasteiger charge is 2.13. The lowest BCUT2D eigenvalue weighted by Gasteiger charge is -2.14. The van der Waals surface area contributed by atoms with Gasteiger partial charge < -0.3 is 9.11 Å². The number of rotatable bonds is 2. The summed E-state index contributed by atoms with van der Waals surface area (Å²) in [4.78, 5) is 0. The molecule has 0 aromatic rings. The third kappa shape index (κ3) is 4.49. The molecule has 0 N–H and O–H groups in total. The Morgan fingerprint density at radius 2 is 1.11 bits per heavy atom. The fourth-order valence-electron chi connectivity index (χ4n) is 1.22. The van der Waals surface area contributed by atoms with Gasteiger partial charge in [-0.3, -0.25) is 0 Å². The van der Waals surface area contributed by atoms with Crippen molar-refractivity contribution in [3.05, 3.63) is 23.3 Å². The minimum Gasteiger partial charge on any atom is -0.730 e. The summed E-state index contributed by atoms with van der Waals surface area (Å²) < 4.78 is 68.8. The Bertz CT molecular complexity index is 632. The van der Waals surface area contributed by atoms with Crippen LogP contribution in [0, 0.1) is 0 Å². The summed E-state index contributed by atoms with van der Waals surface area (Å²) in [7, 11) is -9.60. The van der Waals surface area contributed by atoms with Gasteiger partial charge in [-0.2, -0.15) is 8.80 Å². The topological polar surface area (TPSA) is 139 Å². The number of allylic oxidation sites excluding steroid dienone is 4. The first kappa shape index (κ1) is 14.7. The highest BCUT2D eigenvalue weighted by Crippen LogP contribution is 2.15. The molecule has 0 atom stereocenters. The van der Waals surface area contributed by atoms with Crippen molar-refractivity contribution >= 4 is 32.0 Å². The molecule has 0 fully saturated rings. The average molecular weight is 292 g/mol. The van der Waals surface area contributed by atoms with Crippen molar-refractivity contribution in [2.45, 2.75) is 13.8 Å². The van der Waals surface area contributed by atoms with E-state index in [9.17, 15) is 25.9 Å². The second-order valence-electron chi connectivity index (χ2n) is 3.46. The molecule has 1 rings (SSSR count). The third-order valence-corrected chi connectivity index (χ3v) is 2.78. The van der Waals surface area contributed by atoms with Gasteiger partial charge in [0.1, 0.15) is 0 Å². The van der Waals surface area contributed by atoms with Crippen LogP contribution < -0.4 is 0 Å². The fraction of sp³-hybridized carbons (Fsp3) is 0.250. The van der Waals surface area contributed by atoms with E-state index in [0.29, 0.717) is 0 Å². The lowest BCUT2D eigenvalue weighted by atomic mass is 9.98. The average Bonchev–Trinajstić information content (AvgIpc) is 2.08. The van der Waals surface area contributed by atoms with Crippen molar-refractivity contribution < 1.29 is 25.9 Å². The molecule has 0 saturated carbocycles. The maximum atomic E-state index is 10.5. The third-order valence-electron chi connectivity index (χ3n) is 1.93. The van der Waals surface area contributed by atoms with Gasteiger partial charge in [0.15, 0.2) is 0 Å². The van der Waals surface area contributed by atoms with E-state index in [2.05, 4.69) is 8.80 Å². The number of nitrogens with zero attached hydrogens (tertiary/aromatic N) is 2. The summed E-state index contributed by atoms with van der Waals surface area (Å²) in [6.45, 7) is 2.81. The molecule has 0 heterocycles. The highest BCUT2D eigenvalue weighted by molar-refractivity contribution is 7.84. The van der Waals surface area contributed by atoms with Crippen LogP contribution in [0.25, 0.3) is 0 Å². The molecule has 0 bridgehead atoms. The molecule has 1 aliphatic rings. The maximum absolute atomic E-state index is 10.5. The summed E-state index contributed by atoms with van der Waals surface area (Å²) in [5, 5.41) is 0. The number of hydrogen-bond acceptors (Lipinski definition) is 6. The molecule has 0 aromatic carbocycles. The van der Waals surface area contributed by atoms with Crippen molar-refractivity contribution in [1.82, 2.24) is 0 Å². The quantitative estimate of drug-likeness (QED) is 0.505. The standard InChI is InChI=1S/C8H10N2O6S2/c1-5-3-8(10-18(14,15)16)6(2)4-7(5)9-17(11,12)13/h3-4H,1-2H3,(H,11,12,13)(H,14,15,16)/p-2. The maximum Gasteiger partial charge on any atom is 0.203 e. The fourth-order valence-corrected chi connectivity index (χ4v) is 2.10. The van der Waals surface area contributed by atoms with Gasteiger partial charge in [-0.25, -0.2) is 16.8 Å². The van der Waals surface area contributed by atoms with Crippen LogP contribution in [0.2, 0.25) is 0 Å². The SMILES string of the molecule is CC1=CC(=NS(=O)(=O)[O-])C(C)=CC1=NS(=O)(=O)[O-]. The van der Waals surface area contributed by atoms with E-state index < -0.39 is 20.6 Å². The summed E-state index contributed by atoms with van der Waals surface area (Å²) in [6, 6.07) is 0. The molecule has 0 radical (unpaired) electrons. The predicted molar refractivity (Wildman–Crippen MR) is 61.8 cm³/mol. The van der Waals surface area contributed by atoms with E-state index in [0.717, 1.165) is 12.2 Å². The minimum absolute atomic E-state index is 0.121. The van der Waals surface area contributed by atoms with Crippen LogP contribution in [0.4, 0.5) is 0 Å². The minimum atomic E-state index is -4.80. The van der Waals surface area contributed by atoms with Gasteiger partial charge in [-0.1, -0.05) is 0 Å². The van der Waals surface area contributed by atoms with E-state index in [1.54, 1.807) is 0 Å². The van der Waals surface area contributed by atoms with Crippen molar-refractivity contribution in [3.8, 4) is 0 Å². The molecule has 0 aliphatic heterocycles. The van der Waals surface area contributed by atoms with Gasteiger partial charge in [0, 0.05) is 0 Å². The molecule has 0 spiro atoms. The van der Waals surface area contributed by atoms with Crippen molar-refractivity contribution in [2.24, 2.45) is 8.80 Å².